The van der Waals surface area contributed by atoms with E-state index in [-0.39, 0.29) is 34.3 Å². The second kappa shape index (κ2) is 31.1. The highest BCUT2D eigenvalue weighted by atomic mass is 32.2. The maximum atomic E-state index is 12.3. The van der Waals surface area contributed by atoms with Crippen LogP contribution in [0.3, 0.4) is 0 Å². The first-order valence-corrected chi connectivity index (χ1v) is 37.4. The van der Waals surface area contributed by atoms with Crippen molar-refractivity contribution in [3.8, 4) is 0 Å². The average Bonchev–Trinajstić information content (AvgIpc) is 4.54. The van der Waals surface area contributed by atoms with E-state index in [2.05, 4.69) is 73.9 Å². The summed E-state index contributed by atoms with van der Waals surface area (Å²) in [5, 5.41) is 0. The van der Waals surface area contributed by atoms with Crippen LogP contribution in [-0.4, -0.2) is 229 Å². The standard InChI is InChI=1S/C13H26N2O4S.C13H26NO5P.C13H23NO4.C13H26NO3P.C7H14O2/c1-5-12(6-2)11-18-13(19-12)7-9-15(10-8-13)20(16,17)14(3)4;1-5-12(6-2)11-18-13(19-12)7-9-14(10-8-13)20(15,16-3)17-4;1-4-12(5-2)10-17-13(18-12)6-8-14(9-7-13)11(15)16-3;1-5-12(6-2)11-16-13(17-12)7-9-14(10-8-13)18(3,4)15;1-3-7(4-2)8-5-6-9-7/h2*5-11H2,1-4H3;4-10H2,1-3H3;5-11H2,1-4H3;3-6H2,1-2H3. The van der Waals surface area contributed by atoms with Crippen molar-refractivity contribution in [3.63, 3.8) is 0 Å². The van der Waals surface area contributed by atoms with Crippen LogP contribution in [0.25, 0.3) is 0 Å². The fourth-order valence-electron chi connectivity index (χ4n) is 12.6. The van der Waals surface area contributed by atoms with E-state index in [4.69, 9.17) is 61.2 Å². The SMILES string of the molecule is CCC1(CC)COC2(CCN(C(=O)OC)CC2)O1.CCC1(CC)COC2(CCN(P(=O)(OC)OC)CC2)O1.CCC1(CC)COC2(CCN(P(C)(C)=O)CC2)O1.CCC1(CC)COC2(CCN(S(=O)(=O)N(C)C)CC2)O1.CCC1(CC)OCCO1. The lowest BCUT2D eigenvalue weighted by molar-refractivity contribution is -0.210. The highest BCUT2D eigenvalue weighted by Crippen LogP contribution is 2.54. The number of piperidine rings is 4. The van der Waals surface area contributed by atoms with E-state index >= 15 is 0 Å². The fourth-order valence-corrected chi connectivity index (χ4v) is 16.1. The second-order valence-electron chi connectivity index (χ2n) is 24.8. The van der Waals surface area contributed by atoms with Gasteiger partial charge in [0, 0.05) is 145 Å². The molecule has 9 heterocycles. The summed E-state index contributed by atoms with van der Waals surface area (Å²) < 4.78 is 130. The van der Waals surface area contributed by atoms with Crippen LogP contribution in [-0.2, 0) is 80.5 Å². The Bertz CT molecular complexity index is 2230. The smallest absolute Gasteiger partial charge is 0.409 e. The predicted octanol–water partition coefficient (Wildman–Crippen LogP) is 10.6. The zero-order chi connectivity index (χ0) is 63.3. The molecule has 0 bridgehead atoms. The van der Waals surface area contributed by atoms with Gasteiger partial charge >= 0.3 is 13.8 Å². The molecule has 9 fully saturated rings. The van der Waals surface area contributed by atoms with Gasteiger partial charge in [0.25, 0.3) is 10.2 Å². The third-order valence-electron chi connectivity index (χ3n) is 19.8. The number of hydrogen-bond acceptors (Lipinski definition) is 18. The Morgan fingerprint density at radius 2 is 0.753 bits per heavy atom. The minimum atomic E-state index is -3.33. The lowest BCUT2D eigenvalue weighted by Gasteiger charge is -2.40. The van der Waals surface area contributed by atoms with Gasteiger partial charge in [-0.05, 0) is 64.2 Å². The van der Waals surface area contributed by atoms with Crippen molar-refractivity contribution in [1.82, 2.24) is 22.9 Å². The van der Waals surface area contributed by atoms with Gasteiger partial charge in [0.1, 0.15) is 7.29 Å². The van der Waals surface area contributed by atoms with Crippen LogP contribution in [0.5, 0.6) is 0 Å². The molecule has 9 saturated heterocycles. The first kappa shape index (κ1) is 74.8. The molecule has 9 aliphatic rings. The molecule has 0 N–H and O–H groups in total. The van der Waals surface area contributed by atoms with E-state index < -0.39 is 48.4 Å². The van der Waals surface area contributed by atoms with Crippen LogP contribution < -0.4 is 0 Å². The molecule has 0 aliphatic carbocycles. The number of amides is 1. The second-order valence-corrected chi connectivity index (χ2v) is 32.3. The number of nitrogens with zero attached hydrogens (tertiary/aromatic N) is 5. The Balaban J connectivity index is 0.000000198. The van der Waals surface area contributed by atoms with Gasteiger partial charge in [0.05, 0.1) is 69.2 Å². The molecule has 0 unspecified atom stereocenters. The Morgan fingerprint density at radius 3 is 0.988 bits per heavy atom. The number of rotatable bonds is 16. The van der Waals surface area contributed by atoms with E-state index in [9.17, 15) is 22.3 Å². The van der Waals surface area contributed by atoms with Crippen LogP contribution in [0, 0.1) is 0 Å². The third kappa shape index (κ3) is 18.0. The van der Waals surface area contributed by atoms with Gasteiger partial charge in [-0.1, -0.05) is 69.2 Å². The highest BCUT2D eigenvalue weighted by molar-refractivity contribution is 7.86. The molecule has 0 aromatic rings. The predicted molar refractivity (Wildman–Crippen MR) is 327 cm³/mol. The van der Waals surface area contributed by atoms with E-state index in [1.807, 2.05) is 13.3 Å². The van der Waals surface area contributed by atoms with Gasteiger partial charge < -0.3 is 61.6 Å². The molecule has 85 heavy (non-hydrogen) atoms. The van der Waals surface area contributed by atoms with Crippen LogP contribution >= 0.6 is 15.0 Å². The summed E-state index contributed by atoms with van der Waals surface area (Å²) in [6.45, 7) is 34.0. The quantitative estimate of drug-likeness (QED) is 0.131. The number of likely N-dealkylation sites (tertiary alicyclic amines) is 1. The van der Waals surface area contributed by atoms with Crippen molar-refractivity contribution < 1.29 is 83.5 Å². The molecule has 0 aromatic heterocycles. The monoisotopic (exact) mass is 1280 g/mol. The maximum Gasteiger partial charge on any atom is 0.409 e. The molecular formula is C59H115N5O18P2S. The molecule has 23 nitrogen and oxygen atoms in total. The van der Waals surface area contributed by atoms with Crippen LogP contribution in [0.1, 0.15) is 185 Å². The van der Waals surface area contributed by atoms with E-state index in [1.165, 1.54) is 29.9 Å². The van der Waals surface area contributed by atoms with Crippen molar-refractivity contribution in [2.45, 2.75) is 236 Å². The van der Waals surface area contributed by atoms with Crippen molar-refractivity contribution in [2.75, 3.05) is 141 Å². The van der Waals surface area contributed by atoms with Gasteiger partial charge in [-0.15, -0.1) is 0 Å². The molecule has 9 rings (SSSR count). The molecular weight excluding hydrogens is 1160 g/mol. The van der Waals surface area contributed by atoms with Gasteiger partial charge in [-0.3, -0.25) is 13.7 Å². The van der Waals surface area contributed by atoms with Gasteiger partial charge in [-0.2, -0.15) is 17.0 Å². The first-order chi connectivity index (χ1) is 40.0. The minimum absolute atomic E-state index is 0.0930. The minimum Gasteiger partial charge on any atom is -0.453 e. The van der Waals surface area contributed by atoms with Crippen LogP contribution in [0.4, 0.5) is 4.79 Å². The van der Waals surface area contributed by atoms with Crippen molar-refractivity contribution in [2.24, 2.45) is 0 Å². The summed E-state index contributed by atoms with van der Waals surface area (Å²) in [7, 11) is -1.24. The zero-order valence-electron chi connectivity index (χ0n) is 55.5. The molecule has 0 radical (unpaired) electrons. The zero-order valence-corrected chi connectivity index (χ0v) is 58.1. The van der Waals surface area contributed by atoms with Crippen molar-refractivity contribution in [3.05, 3.63) is 0 Å². The molecule has 9 aliphatic heterocycles. The van der Waals surface area contributed by atoms with Gasteiger partial charge in [-0.25, -0.2) is 14.0 Å². The Labute approximate surface area is 512 Å². The topological polar surface area (TPSA) is 222 Å². The number of carbonyl (C=O) groups excluding carboxylic acids is 1. The molecule has 0 aromatic carbocycles. The summed E-state index contributed by atoms with van der Waals surface area (Å²) in [6.07, 6.45) is 15.0. The number of hydrogen-bond donors (Lipinski definition) is 0. The van der Waals surface area contributed by atoms with Gasteiger partial charge in [0.2, 0.25) is 0 Å². The molecule has 0 saturated carbocycles. The average molecular weight is 1280 g/mol. The summed E-state index contributed by atoms with van der Waals surface area (Å²) >= 11 is 0. The third-order valence-corrected chi connectivity index (χ3v) is 25.5. The number of methoxy groups -OCH3 is 1. The number of carbonyl (C=O) groups is 1. The fraction of sp³-hybridized carbons (Fsp3) is 0.983. The molecule has 500 valence electrons. The highest BCUT2D eigenvalue weighted by Gasteiger charge is 2.55. The van der Waals surface area contributed by atoms with E-state index in [0.717, 1.165) is 116 Å². The molecule has 26 heteroatoms. The van der Waals surface area contributed by atoms with E-state index in [1.54, 1.807) is 23.7 Å². The molecule has 4 spiro atoms. The van der Waals surface area contributed by atoms with Gasteiger partial charge in [0.15, 0.2) is 28.9 Å². The van der Waals surface area contributed by atoms with Crippen molar-refractivity contribution >= 4 is 31.3 Å². The normalized spacial score (nSPS) is 26.3. The largest absolute Gasteiger partial charge is 0.453 e. The lowest BCUT2D eigenvalue weighted by Crippen LogP contribution is -2.51. The first-order valence-electron chi connectivity index (χ1n) is 31.9. The van der Waals surface area contributed by atoms with Crippen LogP contribution in [0.2, 0.25) is 0 Å². The summed E-state index contributed by atoms with van der Waals surface area (Å²) in [4.78, 5) is 13.1. The Hall–Kier alpha value is -0.960. The maximum absolute atomic E-state index is 12.3. The lowest BCUT2D eigenvalue weighted by atomic mass is 9.98. The number of ether oxygens (including phenoxy) is 11. The molecule has 1 amide bonds. The summed E-state index contributed by atoms with van der Waals surface area (Å²) in [6, 6.07) is 0. The van der Waals surface area contributed by atoms with E-state index in [0.29, 0.717) is 91.4 Å². The summed E-state index contributed by atoms with van der Waals surface area (Å²) in [5.74, 6) is -2.20. The molecule has 0 atom stereocenters. The Kier molecular flexibility index (Phi) is 27.4. The van der Waals surface area contributed by atoms with Crippen LogP contribution in [0.15, 0.2) is 0 Å². The summed E-state index contributed by atoms with van der Waals surface area (Å²) in [5.41, 5.74) is -0.575. The van der Waals surface area contributed by atoms with Crippen molar-refractivity contribution in [1.29, 1.82) is 0 Å². The Morgan fingerprint density at radius 1 is 0.459 bits per heavy atom.